The Kier molecular flexibility index (Phi) is 3.59. The van der Waals surface area contributed by atoms with Crippen molar-refractivity contribution >= 4 is 0 Å². The maximum atomic E-state index is 5.60. The molecule has 0 spiro atoms. The number of nitrogens with one attached hydrogen (secondary N) is 1. The van der Waals surface area contributed by atoms with E-state index in [1.807, 2.05) is 26.1 Å². The first-order valence-electron chi connectivity index (χ1n) is 5.92. The lowest BCUT2D eigenvalue weighted by Crippen LogP contribution is -2.22. The maximum absolute atomic E-state index is 5.60. The van der Waals surface area contributed by atoms with E-state index in [4.69, 9.17) is 4.42 Å². The fourth-order valence-corrected chi connectivity index (χ4v) is 2.10. The molecule has 0 bridgehead atoms. The van der Waals surface area contributed by atoms with Gasteiger partial charge >= 0.3 is 0 Å². The monoisotopic (exact) mass is 230 g/mol. The highest BCUT2D eigenvalue weighted by molar-refractivity contribution is 5.33. The van der Waals surface area contributed by atoms with E-state index in [1.165, 1.54) is 11.1 Å². The second kappa shape index (κ2) is 5.15. The van der Waals surface area contributed by atoms with Crippen LogP contribution in [0.5, 0.6) is 0 Å². The first-order valence-corrected chi connectivity index (χ1v) is 5.92. The number of aromatic nitrogens is 1. The fraction of sp³-hybridized carbons (Fsp3) is 0.357. The summed E-state index contributed by atoms with van der Waals surface area (Å²) in [6.45, 7) is 6.99. The number of furan rings is 1. The van der Waals surface area contributed by atoms with E-state index >= 15 is 0 Å². The van der Waals surface area contributed by atoms with Crippen LogP contribution in [0.4, 0.5) is 0 Å². The van der Waals surface area contributed by atoms with Crippen molar-refractivity contribution in [1.29, 1.82) is 0 Å². The summed E-state index contributed by atoms with van der Waals surface area (Å²) in [6.07, 6.45) is 3.69. The van der Waals surface area contributed by atoms with Crippen molar-refractivity contribution in [3.05, 3.63) is 53.2 Å². The quantitative estimate of drug-likeness (QED) is 0.877. The first kappa shape index (κ1) is 11.9. The molecule has 1 unspecified atom stereocenters. The molecule has 0 amide bonds. The van der Waals surface area contributed by atoms with Crippen LogP contribution >= 0.6 is 0 Å². The highest BCUT2D eigenvalue weighted by atomic mass is 16.3. The Morgan fingerprint density at radius 2 is 2.24 bits per heavy atom. The van der Waals surface area contributed by atoms with Crippen LogP contribution in [0, 0.1) is 13.8 Å². The highest BCUT2D eigenvalue weighted by Crippen LogP contribution is 2.26. The summed E-state index contributed by atoms with van der Waals surface area (Å²) in [5.41, 5.74) is 2.36. The minimum atomic E-state index is 0.158. The lowest BCUT2D eigenvalue weighted by atomic mass is 10.0. The molecular weight excluding hydrogens is 212 g/mol. The Balaban J connectivity index is 2.39. The van der Waals surface area contributed by atoms with Crippen molar-refractivity contribution < 1.29 is 4.42 Å². The predicted octanol–water partition coefficient (Wildman–Crippen LogP) is 2.99. The van der Waals surface area contributed by atoms with Gasteiger partial charge in [0.1, 0.15) is 11.5 Å². The van der Waals surface area contributed by atoms with Gasteiger partial charge in [-0.1, -0.05) is 13.0 Å². The molecule has 0 aromatic carbocycles. The van der Waals surface area contributed by atoms with Crippen LogP contribution in [0.15, 0.2) is 35.0 Å². The molecule has 0 aliphatic heterocycles. The molecule has 90 valence electrons. The zero-order chi connectivity index (χ0) is 12.3. The molecule has 2 rings (SSSR count). The van der Waals surface area contributed by atoms with Crippen LogP contribution in [0.1, 0.15) is 35.6 Å². The summed E-state index contributed by atoms with van der Waals surface area (Å²) < 4.78 is 5.60. The van der Waals surface area contributed by atoms with Gasteiger partial charge in [-0.15, -0.1) is 0 Å². The molecule has 1 atom stereocenters. The van der Waals surface area contributed by atoms with Gasteiger partial charge in [-0.3, -0.25) is 4.98 Å². The third-order valence-electron chi connectivity index (χ3n) is 2.82. The van der Waals surface area contributed by atoms with E-state index in [0.717, 1.165) is 18.1 Å². The van der Waals surface area contributed by atoms with E-state index in [9.17, 15) is 0 Å². The van der Waals surface area contributed by atoms with Gasteiger partial charge in [0.25, 0.3) is 0 Å². The lowest BCUT2D eigenvalue weighted by Gasteiger charge is -2.17. The Labute approximate surface area is 102 Å². The Bertz CT molecular complexity index is 476. The van der Waals surface area contributed by atoms with Crippen molar-refractivity contribution in [1.82, 2.24) is 10.3 Å². The van der Waals surface area contributed by atoms with Crippen LogP contribution in [0.3, 0.4) is 0 Å². The highest BCUT2D eigenvalue weighted by Gasteiger charge is 2.18. The molecule has 0 aliphatic rings. The van der Waals surface area contributed by atoms with Gasteiger partial charge in [0.15, 0.2) is 0 Å². The molecule has 0 saturated heterocycles. The molecule has 1 N–H and O–H groups in total. The number of aryl methyl sites for hydroxylation is 2. The van der Waals surface area contributed by atoms with Gasteiger partial charge in [0, 0.05) is 18.0 Å². The average molecular weight is 230 g/mol. The normalized spacial score (nSPS) is 12.6. The second-order valence-electron chi connectivity index (χ2n) is 4.15. The van der Waals surface area contributed by atoms with Gasteiger partial charge in [0.05, 0.1) is 6.04 Å². The van der Waals surface area contributed by atoms with Crippen molar-refractivity contribution in [2.24, 2.45) is 0 Å². The van der Waals surface area contributed by atoms with E-state index in [2.05, 4.69) is 29.4 Å². The molecule has 0 saturated carbocycles. The van der Waals surface area contributed by atoms with Crippen LogP contribution in [-0.2, 0) is 0 Å². The number of pyridine rings is 1. The summed E-state index contributed by atoms with van der Waals surface area (Å²) >= 11 is 0. The number of hydrogen-bond donors (Lipinski definition) is 1. The molecule has 2 heterocycles. The molecule has 0 radical (unpaired) electrons. The molecular formula is C14H18N2O. The summed E-state index contributed by atoms with van der Waals surface area (Å²) in [7, 11) is 0. The zero-order valence-electron chi connectivity index (χ0n) is 10.5. The maximum Gasteiger partial charge on any atom is 0.106 e. The SMILES string of the molecule is CCNC(c1cccnc1)c1cc(C)oc1C. The third kappa shape index (κ3) is 2.56. The number of hydrogen-bond acceptors (Lipinski definition) is 3. The molecule has 3 nitrogen and oxygen atoms in total. The summed E-state index contributed by atoms with van der Waals surface area (Å²) in [6, 6.07) is 6.30. The van der Waals surface area contributed by atoms with Gasteiger partial charge in [0.2, 0.25) is 0 Å². The van der Waals surface area contributed by atoms with E-state index in [-0.39, 0.29) is 6.04 Å². The zero-order valence-corrected chi connectivity index (χ0v) is 10.5. The van der Waals surface area contributed by atoms with Crippen LogP contribution in [0.2, 0.25) is 0 Å². The van der Waals surface area contributed by atoms with Crippen LogP contribution in [-0.4, -0.2) is 11.5 Å². The molecule has 2 aromatic rings. The van der Waals surface area contributed by atoms with Crippen molar-refractivity contribution in [3.8, 4) is 0 Å². The average Bonchev–Trinajstić information content (AvgIpc) is 2.66. The van der Waals surface area contributed by atoms with Gasteiger partial charge in [-0.2, -0.15) is 0 Å². The molecule has 3 heteroatoms. The molecule has 2 aromatic heterocycles. The fourth-order valence-electron chi connectivity index (χ4n) is 2.10. The Morgan fingerprint density at radius 3 is 2.76 bits per heavy atom. The number of rotatable bonds is 4. The standard InChI is InChI=1S/C14H18N2O/c1-4-16-14(12-6-5-7-15-9-12)13-8-10(2)17-11(13)3/h5-9,14,16H,4H2,1-3H3. The largest absolute Gasteiger partial charge is 0.466 e. The van der Waals surface area contributed by atoms with Gasteiger partial charge in [-0.25, -0.2) is 0 Å². The van der Waals surface area contributed by atoms with Crippen molar-refractivity contribution in [2.45, 2.75) is 26.8 Å². The predicted molar refractivity (Wildman–Crippen MR) is 67.9 cm³/mol. The number of nitrogens with zero attached hydrogens (tertiary/aromatic N) is 1. The molecule has 17 heavy (non-hydrogen) atoms. The van der Waals surface area contributed by atoms with Crippen LogP contribution < -0.4 is 5.32 Å². The second-order valence-corrected chi connectivity index (χ2v) is 4.15. The summed E-state index contributed by atoms with van der Waals surface area (Å²) in [5, 5.41) is 3.47. The minimum absolute atomic E-state index is 0.158. The van der Waals surface area contributed by atoms with Crippen molar-refractivity contribution in [3.63, 3.8) is 0 Å². The minimum Gasteiger partial charge on any atom is -0.466 e. The summed E-state index contributed by atoms with van der Waals surface area (Å²) in [4.78, 5) is 4.18. The van der Waals surface area contributed by atoms with Crippen LogP contribution in [0.25, 0.3) is 0 Å². The third-order valence-corrected chi connectivity index (χ3v) is 2.82. The van der Waals surface area contributed by atoms with E-state index in [1.54, 1.807) is 6.20 Å². The van der Waals surface area contributed by atoms with E-state index < -0.39 is 0 Å². The van der Waals surface area contributed by atoms with Gasteiger partial charge in [-0.05, 0) is 38.1 Å². The van der Waals surface area contributed by atoms with Gasteiger partial charge < -0.3 is 9.73 Å². The Hall–Kier alpha value is -1.61. The Morgan fingerprint density at radius 1 is 1.41 bits per heavy atom. The smallest absolute Gasteiger partial charge is 0.106 e. The van der Waals surface area contributed by atoms with E-state index in [0.29, 0.717) is 0 Å². The lowest BCUT2D eigenvalue weighted by molar-refractivity contribution is 0.495. The first-order chi connectivity index (χ1) is 8.22. The summed E-state index contributed by atoms with van der Waals surface area (Å²) in [5.74, 6) is 1.92. The topological polar surface area (TPSA) is 38.1 Å². The molecule has 0 fully saturated rings. The van der Waals surface area contributed by atoms with Crippen molar-refractivity contribution in [2.75, 3.05) is 6.54 Å². The molecule has 0 aliphatic carbocycles.